The maximum absolute atomic E-state index is 11.7. The van der Waals surface area contributed by atoms with Gasteiger partial charge in [0.1, 0.15) is 12.3 Å². The van der Waals surface area contributed by atoms with Gasteiger partial charge in [-0.05, 0) is 36.2 Å². The molecule has 0 unspecified atom stereocenters. The van der Waals surface area contributed by atoms with Gasteiger partial charge in [-0.15, -0.1) is 0 Å². The van der Waals surface area contributed by atoms with Crippen LogP contribution < -0.4 is 9.61 Å². The molecule has 0 saturated heterocycles. The van der Waals surface area contributed by atoms with E-state index < -0.39 is 5.97 Å². The molecule has 0 bridgehead atoms. The smallest absolute Gasteiger partial charge is 0.323 e. The molecule has 0 radical (unpaired) electrons. The van der Waals surface area contributed by atoms with Crippen LogP contribution in [0, 0.1) is 6.92 Å². The van der Waals surface area contributed by atoms with Gasteiger partial charge in [0.2, 0.25) is 0 Å². The van der Waals surface area contributed by atoms with Gasteiger partial charge in [-0.1, -0.05) is 11.3 Å². The van der Waals surface area contributed by atoms with Gasteiger partial charge >= 0.3 is 10.8 Å². The highest BCUT2D eigenvalue weighted by atomic mass is 32.1. The van der Waals surface area contributed by atoms with Gasteiger partial charge < -0.3 is 9.84 Å². The van der Waals surface area contributed by atoms with E-state index in [0.717, 1.165) is 28.2 Å². The maximum Gasteiger partial charge on any atom is 0.323 e. The van der Waals surface area contributed by atoms with Crippen molar-refractivity contribution in [2.75, 3.05) is 7.11 Å². The number of carboxylic acid groups (broad SMARTS) is 1. The van der Waals surface area contributed by atoms with Gasteiger partial charge in [-0.25, -0.2) is 0 Å². The fraction of sp³-hybridized carbons (Fsp3) is 0.231. The molecule has 1 aromatic carbocycles. The quantitative estimate of drug-likeness (QED) is 0.929. The average Bonchev–Trinajstić information content (AvgIpc) is 2.70. The van der Waals surface area contributed by atoms with Crippen LogP contribution in [0.4, 0.5) is 0 Å². The Bertz CT molecular complexity index is 672. The van der Waals surface area contributed by atoms with Crippen LogP contribution in [0.1, 0.15) is 5.56 Å². The minimum atomic E-state index is -1.04. The molecule has 0 atom stereocenters. The predicted molar refractivity (Wildman–Crippen MR) is 72.9 cm³/mol. The molecule has 1 aromatic heterocycles. The summed E-state index contributed by atoms with van der Waals surface area (Å²) in [5.74, 6) is -0.280. The summed E-state index contributed by atoms with van der Waals surface area (Å²) in [4.78, 5) is 22.2. The lowest BCUT2D eigenvalue weighted by Gasteiger charge is -2.09. The van der Waals surface area contributed by atoms with Gasteiger partial charge in [-0.2, -0.15) is 0 Å². The van der Waals surface area contributed by atoms with Crippen molar-refractivity contribution < 1.29 is 14.6 Å². The van der Waals surface area contributed by atoms with Gasteiger partial charge in [0, 0.05) is 5.38 Å². The minimum Gasteiger partial charge on any atom is -0.496 e. The average molecular weight is 279 g/mol. The van der Waals surface area contributed by atoms with Crippen LogP contribution in [0.3, 0.4) is 0 Å². The monoisotopic (exact) mass is 279 g/mol. The zero-order valence-electron chi connectivity index (χ0n) is 10.5. The van der Waals surface area contributed by atoms with Crippen LogP contribution in [0.15, 0.2) is 28.4 Å². The van der Waals surface area contributed by atoms with Crippen molar-refractivity contribution in [3.8, 4) is 17.0 Å². The van der Waals surface area contributed by atoms with Crippen molar-refractivity contribution in [2.45, 2.75) is 13.5 Å². The van der Waals surface area contributed by atoms with E-state index in [9.17, 15) is 9.59 Å². The van der Waals surface area contributed by atoms with Gasteiger partial charge in [0.15, 0.2) is 0 Å². The molecule has 0 amide bonds. The van der Waals surface area contributed by atoms with Gasteiger partial charge in [0.25, 0.3) is 0 Å². The third-order valence-electron chi connectivity index (χ3n) is 2.77. The highest BCUT2D eigenvalue weighted by Gasteiger charge is 2.12. The zero-order chi connectivity index (χ0) is 14.0. The normalized spacial score (nSPS) is 10.4. The standard InChI is InChI=1S/C13H13NO4S/c1-8-5-9(3-4-11(8)18-2)10-7-19-13(17)14(10)6-12(15)16/h3-5,7H,6H2,1-2H3,(H,15,16). The van der Waals surface area contributed by atoms with Crippen LogP contribution in [0.2, 0.25) is 0 Å². The van der Waals surface area contributed by atoms with Crippen molar-refractivity contribution >= 4 is 17.3 Å². The first-order valence-corrected chi connectivity index (χ1v) is 6.46. The number of ether oxygens (including phenoxy) is 1. The van der Waals surface area contributed by atoms with Crippen LogP contribution in [0.5, 0.6) is 5.75 Å². The Morgan fingerprint density at radius 3 is 2.79 bits per heavy atom. The summed E-state index contributed by atoms with van der Waals surface area (Å²) >= 11 is 0.996. The summed E-state index contributed by atoms with van der Waals surface area (Å²) in [6.45, 7) is 1.57. The number of carbonyl (C=O) groups is 1. The molecule has 2 rings (SSSR count). The lowest BCUT2D eigenvalue weighted by molar-refractivity contribution is -0.137. The largest absolute Gasteiger partial charge is 0.496 e. The topological polar surface area (TPSA) is 68.5 Å². The van der Waals surface area contributed by atoms with Crippen molar-refractivity contribution in [3.63, 3.8) is 0 Å². The van der Waals surface area contributed by atoms with Gasteiger partial charge in [-0.3, -0.25) is 14.2 Å². The Balaban J connectivity index is 2.50. The molecule has 6 heteroatoms. The summed E-state index contributed by atoms with van der Waals surface area (Å²) in [6, 6.07) is 5.49. The summed E-state index contributed by atoms with van der Waals surface area (Å²) in [6.07, 6.45) is 0. The molecule has 1 N–H and O–H groups in total. The van der Waals surface area contributed by atoms with Crippen LogP contribution in [-0.2, 0) is 11.3 Å². The van der Waals surface area contributed by atoms with E-state index in [1.54, 1.807) is 18.6 Å². The van der Waals surface area contributed by atoms with E-state index >= 15 is 0 Å². The number of methoxy groups -OCH3 is 1. The van der Waals surface area contributed by atoms with Crippen LogP contribution in [-0.4, -0.2) is 22.8 Å². The van der Waals surface area contributed by atoms with Crippen molar-refractivity contribution in [2.24, 2.45) is 0 Å². The van der Waals surface area contributed by atoms with E-state index in [1.165, 1.54) is 4.57 Å². The van der Waals surface area contributed by atoms with Gasteiger partial charge in [0.05, 0.1) is 12.8 Å². The molecule has 2 aromatic rings. The Hall–Kier alpha value is -2.08. The third kappa shape index (κ3) is 2.68. The number of carboxylic acids is 1. The van der Waals surface area contributed by atoms with E-state index in [2.05, 4.69) is 0 Å². The van der Waals surface area contributed by atoms with E-state index in [-0.39, 0.29) is 11.4 Å². The fourth-order valence-electron chi connectivity index (χ4n) is 1.88. The molecule has 0 saturated carbocycles. The first-order chi connectivity index (χ1) is 9.02. The number of aryl methyl sites for hydroxylation is 1. The second-order valence-corrected chi connectivity index (χ2v) is 4.87. The lowest BCUT2D eigenvalue weighted by atomic mass is 10.1. The Labute approximate surface area is 113 Å². The molecular formula is C13H13NO4S. The van der Waals surface area contributed by atoms with E-state index in [1.807, 2.05) is 19.1 Å². The number of thiazole rings is 1. The zero-order valence-corrected chi connectivity index (χ0v) is 11.4. The molecule has 0 aliphatic carbocycles. The Morgan fingerprint density at radius 2 is 2.21 bits per heavy atom. The van der Waals surface area contributed by atoms with E-state index in [4.69, 9.17) is 9.84 Å². The molecule has 0 spiro atoms. The molecule has 100 valence electrons. The first kappa shape index (κ1) is 13.4. The lowest BCUT2D eigenvalue weighted by Crippen LogP contribution is -2.19. The Morgan fingerprint density at radius 1 is 1.47 bits per heavy atom. The first-order valence-electron chi connectivity index (χ1n) is 5.58. The molecule has 19 heavy (non-hydrogen) atoms. The summed E-state index contributed by atoms with van der Waals surface area (Å²) < 4.78 is 6.43. The highest BCUT2D eigenvalue weighted by Crippen LogP contribution is 2.26. The fourth-order valence-corrected chi connectivity index (χ4v) is 2.64. The highest BCUT2D eigenvalue weighted by molar-refractivity contribution is 7.07. The van der Waals surface area contributed by atoms with Crippen molar-refractivity contribution in [1.29, 1.82) is 0 Å². The number of rotatable bonds is 4. The van der Waals surface area contributed by atoms with Crippen molar-refractivity contribution in [1.82, 2.24) is 4.57 Å². The summed E-state index contributed by atoms with van der Waals surface area (Å²) in [7, 11) is 1.59. The number of hydrogen-bond acceptors (Lipinski definition) is 4. The number of aromatic nitrogens is 1. The molecule has 0 fully saturated rings. The van der Waals surface area contributed by atoms with Crippen LogP contribution >= 0.6 is 11.3 Å². The minimum absolute atomic E-state index is 0.272. The molecule has 1 heterocycles. The maximum atomic E-state index is 11.7. The predicted octanol–water partition coefficient (Wildman–Crippen LogP) is 1.98. The molecular weight excluding hydrogens is 266 g/mol. The summed E-state index contributed by atoms with van der Waals surface area (Å²) in [5, 5.41) is 10.5. The second kappa shape index (κ2) is 5.27. The van der Waals surface area contributed by atoms with Crippen molar-refractivity contribution in [3.05, 3.63) is 38.8 Å². The number of benzene rings is 1. The molecule has 0 aliphatic rings. The summed E-state index contributed by atoms with van der Waals surface area (Å²) in [5.41, 5.74) is 2.35. The second-order valence-electron chi connectivity index (χ2n) is 4.05. The van der Waals surface area contributed by atoms with E-state index in [0.29, 0.717) is 5.69 Å². The number of nitrogens with zero attached hydrogens (tertiary/aromatic N) is 1. The Kier molecular flexibility index (Phi) is 3.71. The third-order valence-corrected chi connectivity index (χ3v) is 3.53. The number of aliphatic carboxylic acids is 1. The molecule has 0 aliphatic heterocycles. The number of hydrogen-bond donors (Lipinski definition) is 1. The SMILES string of the molecule is COc1ccc(-c2csc(=O)n2CC(=O)O)cc1C. The van der Waals surface area contributed by atoms with Crippen LogP contribution in [0.25, 0.3) is 11.3 Å². The molecule has 5 nitrogen and oxygen atoms in total.